The first-order valence-corrected chi connectivity index (χ1v) is 4.54. The molecule has 0 bridgehead atoms. The maximum Gasteiger partial charge on any atom is 0.328 e. The largest absolute Gasteiger partial charge is 0.487 e. The Kier molecular flexibility index (Phi) is 3.41. The van der Waals surface area contributed by atoms with Crippen molar-refractivity contribution in [1.29, 1.82) is 0 Å². The van der Waals surface area contributed by atoms with Gasteiger partial charge in [0.2, 0.25) is 0 Å². The van der Waals surface area contributed by atoms with Gasteiger partial charge in [-0.1, -0.05) is 11.3 Å². The Balaban J connectivity index is 2.74. The summed E-state index contributed by atoms with van der Waals surface area (Å²) in [4.78, 5) is 21.9. The van der Waals surface area contributed by atoms with E-state index in [-0.39, 0.29) is 5.78 Å². The molecule has 1 rings (SSSR count). The van der Waals surface area contributed by atoms with Crippen LogP contribution in [-0.4, -0.2) is 24.0 Å². The van der Waals surface area contributed by atoms with Crippen LogP contribution in [0.2, 0.25) is 0 Å². The van der Waals surface area contributed by atoms with E-state index in [1.807, 2.05) is 0 Å². The van der Waals surface area contributed by atoms with E-state index in [2.05, 4.69) is 0 Å². The predicted octanol–water partition coefficient (Wildman–Crippen LogP) is 1.58. The summed E-state index contributed by atoms with van der Waals surface area (Å²) >= 11 is 1.18. The standard InChI is InChI=1S/C9H8O4S/c1-13-9-5-3-7(14-9)6(10)2-4-8(11)12/h2-5H,1H3,(H,11,12)/b4-2+. The van der Waals surface area contributed by atoms with Gasteiger partial charge in [0, 0.05) is 6.08 Å². The number of ketones is 1. The Hall–Kier alpha value is -1.62. The second-order valence-electron chi connectivity index (χ2n) is 2.36. The van der Waals surface area contributed by atoms with Crippen LogP contribution in [-0.2, 0) is 4.79 Å². The molecule has 1 heterocycles. The summed E-state index contributed by atoms with van der Waals surface area (Å²) in [6, 6.07) is 3.25. The first-order chi connectivity index (χ1) is 6.63. The summed E-state index contributed by atoms with van der Waals surface area (Å²) in [5, 5.41) is 8.92. The molecule has 0 amide bonds. The number of rotatable bonds is 4. The van der Waals surface area contributed by atoms with E-state index in [9.17, 15) is 9.59 Å². The van der Waals surface area contributed by atoms with Crippen molar-refractivity contribution in [3.05, 3.63) is 29.2 Å². The minimum Gasteiger partial charge on any atom is -0.487 e. The molecule has 0 saturated carbocycles. The number of allylic oxidation sites excluding steroid dienone is 1. The monoisotopic (exact) mass is 212 g/mol. The van der Waals surface area contributed by atoms with Gasteiger partial charge in [-0.15, -0.1) is 0 Å². The highest BCUT2D eigenvalue weighted by Gasteiger charge is 2.06. The summed E-state index contributed by atoms with van der Waals surface area (Å²) in [7, 11) is 1.51. The Morgan fingerprint density at radius 2 is 2.14 bits per heavy atom. The first-order valence-electron chi connectivity index (χ1n) is 3.72. The summed E-state index contributed by atoms with van der Waals surface area (Å²) < 4.78 is 4.90. The first kappa shape index (κ1) is 10.5. The lowest BCUT2D eigenvalue weighted by Gasteiger charge is -1.89. The molecule has 0 aromatic carbocycles. The molecule has 0 aliphatic heterocycles. The molecule has 0 saturated heterocycles. The van der Waals surface area contributed by atoms with Crippen molar-refractivity contribution in [3.8, 4) is 5.06 Å². The van der Waals surface area contributed by atoms with Gasteiger partial charge in [-0.2, -0.15) is 0 Å². The fourth-order valence-corrected chi connectivity index (χ4v) is 1.53. The molecule has 0 aliphatic carbocycles. The number of thiophene rings is 1. The van der Waals surface area contributed by atoms with Crippen molar-refractivity contribution in [1.82, 2.24) is 0 Å². The van der Waals surface area contributed by atoms with Crippen LogP contribution in [0, 0.1) is 0 Å². The Labute approximate surface area is 84.4 Å². The summed E-state index contributed by atoms with van der Waals surface area (Å²) in [5.74, 6) is -1.47. The van der Waals surface area contributed by atoms with Crippen LogP contribution in [0.1, 0.15) is 9.67 Å². The lowest BCUT2D eigenvalue weighted by atomic mass is 10.3. The predicted molar refractivity (Wildman–Crippen MR) is 52.0 cm³/mol. The number of carbonyl (C=O) groups is 2. The third kappa shape index (κ3) is 2.70. The molecule has 0 aliphatic rings. The maximum absolute atomic E-state index is 11.3. The van der Waals surface area contributed by atoms with Crippen molar-refractivity contribution >= 4 is 23.1 Å². The molecule has 5 heteroatoms. The average Bonchev–Trinajstić information content (AvgIpc) is 2.62. The number of aliphatic carboxylic acids is 1. The third-order valence-electron chi connectivity index (χ3n) is 1.40. The van der Waals surface area contributed by atoms with Gasteiger partial charge in [-0.05, 0) is 18.2 Å². The van der Waals surface area contributed by atoms with Crippen molar-refractivity contribution in [3.63, 3.8) is 0 Å². The smallest absolute Gasteiger partial charge is 0.328 e. The second kappa shape index (κ2) is 4.57. The van der Waals surface area contributed by atoms with Crippen LogP contribution in [0.3, 0.4) is 0 Å². The molecule has 0 atom stereocenters. The third-order valence-corrected chi connectivity index (χ3v) is 2.46. The lowest BCUT2D eigenvalue weighted by molar-refractivity contribution is -0.131. The number of methoxy groups -OCH3 is 1. The summed E-state index contributed by atoms with van der Waals surface area (Å²) in [5.41, 5.74) is 0. The minimum atomic E-state index is -1.14. The van der Waals surface area contributed by atoms with Crippen molar-refractivity contribution in [2.75, 3.05) is 7.11 Å². The van der Waals surface area contributed by atoms with Crippen molar-refractivity contribution in [2.24, 2.45) is 0 Å². The van der Waals surface area contributed by atoms with E-state index >= 15 is 0 Å². The fourth-order valence-electron chi connectivity index (χ4n) is 0.791. The van der Waals surface area contributed by atoms with E-state index in [0.29, 0.717) is 9.94 Å². The number of hydrogen-bond acceptors (Lipinski definition) is 4. The molecule has 14 heavy (non-hydrogen) atoms. The molecular weight excluding hydrogens is 204 g/mol. The Morgan fingerprint density at radius 1 is 1.43 bits per heavy atom. The molecule has 1 N–H and O–H groups in total. The van der Waals surface area contributed by atoms with E-state index in [4.69, 9.17) is 9.84 Å². The molecule has 4 nitrogen and oxygen atoms in total. The zero-order valence-electron chi connectivity index (χ0n) is 7.39. The molecule has 0 fully saturated rings. The zero-order chi connectivity index (χ0) is 10.6. The lowest BCUT2D eigenvalue weighted by Crippen LogP contribution is -1.93. The van der Waals surface area contributed by atoms with Crippen LogP contribution in [0.15, 0.2) is 24.3 Å². The average molecular weight is 212 g/mol. The summed E-state index contributed by atoms with van der Waals surface area (Å²) in [6.07, 6.45) is 1.84. The van der Waals surface area contributed by atoms with E-state index in [1.54, 1.807) is 12.1 Å². The number of carboxylic acid groups (broad SMARTS) is 1. The van der Waals surface area contributed by atoms with Gasteiger partial charge in [0.05, 0.1) is 12.0 Å². The second-order valence-corrected chi connectivity index (χ2v) is 3.40. The highest BCUT2D eigenvalue weighted by Crippen LogP contribution is 2.24. The molecule has 74 valence electrons. The number of carbonyl (C=O) groups excluding carboxylic acids is 1. The van der Waals surface area contributed by atoms with E-state index in [1.165, 1.54) is 18.4 Å². The fraction of sp³-hybridized carbons (Fsp3) is 0.111. The van der Waals surface area contributed by atoms with E-state index < -0.39 is 5.97 Å². The Bertz CT molecular complexity index is 378. The van der Waals surface area contributed by atoms with Gasteiger partial charge >= 0.3 is 5.97 Å². The van der Waals surface area contributed by atoms with Gasteiger partial charge < -0.3 is 9.84 Å². The van der Waals surface area contributed by atoms with Crippen LogP contribution in [0.4, 0.5) is 0 Å². The number of carboxylic acids is 1. The number of ether oxygens (including phenoxy) is 1. The summed E-state index contributed by atoms with van der Waals surface area (Å²) in [6.45, 7) is 0. The zero-order valence-corrected chi connectivity index (χ0v) is 8.21. The molecule has 0 unspecified atom stereocenters. The van der Waals surface area contributed by atoms with Gasteiger partial charge in [-0.25, -0.2) is 4.79 Å². The highest BCUT2D eigenvalue weighted by molar-refractivity contribution is 7.15. The molecule has 1 aromatic heterocycles. The van der Waals surface area contributed by atoms with Crippen LogP contribution < -0.4 is 4.74 Å². The van der Waals surface area contributed by atoms with Crippen molar-refractivity contribution < 1.29 is 19.4 Å². The van der Waals surface area contributed by atoms with Gasteiger partial charge in [0.25, 0.3) is 0 Å². The molecule has 0 radical (unpaired) electrons. The SMILES string of the molecule is COc1ccc(C(=O)/C=C/C(=O)O)s1. The van der Waals surface area contributed by atoms with Gasteiger partial charge in [-0.3, -0.25) is 4.79 Å². The number of hydrogen-bond donors (Lipinski definition) is 1. The van der Waals surface area contributed by atoms with Crippen LogP contribution in [0.25, 0.3) is 0 Å². The normalized spacial score (nSPS) is 10.4. The molecular formula is C9H8O4S. The topological polar surface area (TPSA) is 63.6 Å². The Morgan fingerprint density at radius 3 is 2.64 bits per heavy atom. The van der Waals surface area contributed by atoms with Crippen LogP contribution in [0.5, 0.6) is 5.06 Å². The maximum atomic E-state index is 11.3. The van der Waals surface area contributed by atoms with Gasteiger partial charge in [0.15, 0.2) is 10.8 Å². The molecule has 1 aromatic rings. The van der Waals surface area contributed by atoms with Crippen molar-refractivity contribution in [2.45, 2.75) is 0 Å². The quantitative estimate of drug-likeness (QED) is 0.608. The highest BCUT2D eigenvalue weighted by atomic mass is 32.1. The van der Waals surface area contributed by atoms with Gasteiger partial charge in [0.1, 0.15) is 0 Å². The van der Waals surface area contributed by atoms with Crippen LogP contribution >= 0.6 is 11.3 Å². The minimum absolute atomic E-state index is 0.333. The van der Waals surface area contributed by atoms with E-state index in [0.717, 1.165) is 12.2 Å². The molecule has 0 spiro atoms.